The molecule has 0 aromatic heterocycles. The van der Waals surface area contributed by atoms with Crippen molar-refractivity contribution < 1.29 is 14.6 Å². The number of likely N-dealkylation sites (tertiary alicyclic amines) is 1. The maximum Gasteiger partial charge on any atom is 0.303 e. The Labute approximate surface area is 107 Å². The summed E-state index contributed by atoms with van der Waals surface area (Å²) in [6, 6.07) is 8.06. The number of carboxylic acids is 1. The van der Waals surface area contributed by atoms with Crippen LogP contribution >= 0.6 is 0 Å². The van der Waals surface area contributed by atoms with Crippen molar-refractivity contribution in [2.45, 2.75) is 25.9 Å². The van der Waals surface area contributed by atoms with Crippen LogP contribution in [0, 0.1) is 6.92 Å². The normalized spacial score (nSPS) is 16.3. The number of aryl methyl sites for hydroxylation is 1. The Kier molecular flexibility index (Phi) is 4.20. The topological polar surface area (TPSA) is 49.8 Å². The van der Waals surface area contributed by atoms with E-state index in [2.05, 4.69) is 11.8 Å². The summed E-state index contributed by atoms with van der Waals surface area (Å²) in [6.45, 7) is 4.69. The van der Waals surface area contributed by atoms with Gasteiger partial charge in [0.1, 0.15) is 11.9 Å². The first-order valence-corrected chi connectivity index (χ1v) is 6.31. The van der Waals surface area contributed by atoms with Gasteiger partial charge in [0, 0.05) is 19.5 Å². The van der Waals surface area contributed by atoms with Gasteiger partial charge in [-0.15, -0.1) is 0 Å². The summed E-state index contributed by atoms with van der Waals surface area (Å²) in [5.41, 5.74) is 1.23. The van der Waals surface area contributed by atoms with Crippen molar-refractivity contribution in [3.8, 4) is 5.75 Å². The molecule has 2 rings (SSSR count). The molecule has 1 aliphatic rings. The highest BCUT2D eigenvalue weighted by atomic mass is 16.5. The van der Waals surface area contributed by atoms with Gasteiger partial charge in [-0.2, -0.15) is 0 Å². The van der Waals surface area contributed by atoms with Gasteiger partial charge in [-0.05, 0) is 32.0 Å². The van der Waals surface area contributed by atoms with Gasteiger partial charge in [-0.3, -0.25) is 9.69 Å². The van der Waals surface area contributed by atoms with Gasteiger partial charge in [0.25, 0.3) is 0 Å². The second kappa shape index (κ2) is 5.87. The Hall–Kier alpha value is -1.55. The predicted octanol–water partition coefficient (Wildman–Crippen LogP) is 1.92. The summed E-state index contributed by atoms with van der Waals surface area (Å²) >= 11 is 0. The van der Waals surface area contributed by atoms with E-state index in [9.17, 15) is 4.79 Å². The lowest BCUT2D eigenvalue weighted by atomic mass is 10.1. The van der Waals surface area contributed by atoms with E-state index in [0.717, 1.165) is 25.4 Å². The zero-order valence-corrected chi connectivity index (χ0v) is 10.6. The highest BCUT2D eigenvalue weighted by Gasteiger charge is 2.27. The minimum Gasteiger partial charge on any atom is -0.488 e. The van der Waals surface area contributed by atoms with Crippen LogP contribution in [0.25, 0.3) is 0 Å². The molecule has 0 saturated carbocycles. The van der Waals surface area contributed by atoms with E-state index >= 15 is 0 Å². The number of hydrogen-bond donors (Lipinski definition) is 1. The van der Waals surface area contributed by atoms with Crippen LogP contribution in [0.3, 0.4) is 0 Å². The molecule has 1 heterocycles. The van der Waals surface area contributed by atoms with E-state index in [1.807, 2.05) is 24.3 Å². The van der Waals surface area contributed by atoms with Crippen molar-refractivity contribution in [2.24, 2.45) is 0 Å². The van der Waals surface area contributed by atoms with Crippen molar-refractivity contribution in [1.82, 2.24) is 4.90 Å². The Morgan fingerprint density at radius 1 is 1.39 bits per heavy atom. The molecule has 0 amide bonds. The summed E-state index contributed by atoms with van der Waals surface area (Å²) in [6.07, 6.45) is 1.21. The van der Waals surface area contributed by atoms with Gasteiger partial charge in [0.2, 0.25) is 0 Å². The molecule has 0 bridgehead atoms. The van der Waals surface area contributed by atoms with Crippen LogP contribution in [-0.4, -0.2) is 41.7 Å². The van der Waals surface area contributed by atoms with E-state index in [0.29, 0.717) is 6.42 Å². The Bertz CT molecular complexity index is 396. The largest absolute Gasteiger partial charge is 0.488 e. The van der Waals surface area contributed by atoms with Gasteiger partial charge in [0.05, 0.1) is 0 Å². The molecule has 0 unspecified atom stereocenters. The highest BCUT2D eigenvalue weighted by Crippen LogP contribution is 2.18. The van der Waals surface area contributed by atoms with Crippen molar-refractivity contribution in [2.75, 3.05) is 19.6 Å². The molecular weight excluding hydrogens is 230 g/mol. The fourth-order valence-corrected chi connectivity index (χ4v) is 2.04. The lowest BCUT2D eigenvalue weighted by molar-refractivity contribution is -0.137. The summed E-state index contributed by atoms with van der Waals surface area (Å²) in [5, 5.41) is 8.54. The number of benzene rings is 1. The van der Waals surface area contributed by atoms with Gasteiger partial charge < -0.3 is 9.84 Å². The third-order valence-electron chi connectivity index (χ3n) is 3.11. The van der Waals surface area contributed by atoms with Crippen molar-refractivity contribution in [1.29, 1.82) is 0 Å². The molecule has 1 fully saturated rings. The first kappa shape index (κ1) is 12.9. The average molecular weight is 249 g/mol. The fraction of sp³-hybridized carbons (Fsp3) is 0.500. The minimum absolute atomic E-state index is 0.248. The first-order valence-electron chi connectivity index (χ1n) is 6.31. The summed E-state index contributed by atoms with van der Waals surface area (Å²) in [5.74, 6) is 0.193. The number of hydrogen-bond acceptors (Lipinski definition) is 3. The molecule has 98 valence electrons. The highest BCUT2D eigenvalue weighted by molar-refractivity contribution is 5.66. The van der Waals surface area contributed by atoms with Gasteiger partial charge in [0.15, 0.2) is 0 Å². The molecule has 4 heteroatoms. The third-order valence-corrected chi connectivity index (χ3v) is 3.11. The summed E-state index contributed by atoms with van der Waals surface area (Å²) in [7, 11) is 0. The lowest BCUT2D eigenvalue weighted by Gasteiger charge is -2.38. The Morgan fingerprint density at radius 3 is 2.67 bits per heavy atom. The molecule has 1 N–H and O–H groups in total. The van der Waals surface area contributed by atoms with Gasteiger partial charge in [-0.1, -0.05) is 17.7 Å². The van der Waals surface area contributed by atoms with E-state index in [1.165, 1.54) is 5.56 Å². The van der Waals surface area contributed by atoms with E-state index in [4.69, 9.17) is 9.84 Å². The maximum absolute atomic E-state index is 10.4. The first-order chi connectivity index (χ1) is 8.63. The zero-order valence-electron chi connectivity index (χ0n) is 10.6. The molecule has 1 aromatic carbocycles. The predicted molar refractivity (Wildman–Crippen MR) is 68.9 cm³/mol. The summed E-state index contributed by atoms with van der Waals surface area (Å²) in [4.78, 5) is 12.6. The van der Waals surface area contributed by atoms with Crippen molar-refractivity contribution in [3.63, 3.8) is 0 Å². The second-order valence-electron chi connectivity index (χ2n) is 4.81. The average Bonchev–Trinajstić information content (AvgIpc) is 2.28. The summed E-state index contributed by atoms with van der Waals surface area (Å²) < 4.78 is 5.80. The van der Waals surface area contributed by atoms with Crippen LogP contribution in [0.15, 0.2) is 24.3 Å². The van der Waals surface area contributed by atoms with E-state index in [1.54, 1.807) is 0 Å². The maximum atomic E-state index is 10.4. The monoisotopic (exact) mass is 249 g/mol. The third kappa shape index (κ3) is 3.74. The molecule has 4 nitrogen and oxygen atoms in total. The van der Waals surface area contributed by atoms with Crippen molar-refractivity contribution >= 4 is 5.97 Å². The van der Waals surface area contributed by atoms with E-state index in [-0.39, 0.29) is 12.5 Å². The quantitative estimate of drug-likeness (QED) is 0.837. The molecule has 0 spiro atoms. The van der Waals surface area contributed by atoms with Crippen LogP contribution in [-0.2, 0) is 4.79 Å². The minimum atomic E-state index is -0.719. The molecular formula is C14H19NO3. The van der Waals surface area contributed by atoms with Crippen LogP contribution in [0.1, 0.15) is 18.4 Å². The Morgan fingerprint density at radius 2 is 2.06 bits per heavy atom. The molecule has 0 aliphatic carbocycles. The molecule has 0 radical (unpaired) electrons. The smallest absolute Gasteiger partial charge is 0.303 e. The number of aliphatic carboxylic acids is 1. The molecule has 0 atom stereocenters. The lowest BCUT2D eigenvalue weighted by Crippen LogP contribution is -2.53. The molecule has 1 saturated heterocycles. The second-order valence-corrected chi connectivity index (χ2v) is 4.81. The zero-order chi connectivity index (χ0) is 13.0. The fourth-order valence-electron chi connectivity index (χ4n) is 2.04. The number of carboxylic acid groups (broad SMARTS) is 1. The Balaban J connectivity index is 1.64. The van der Waals surface area contributed by atoms with E-state index < -0.39 is 5.97 Å². The van der Waals surface area contributed by atoms with Crippen LogP contribution < -0.4 is 4.74 Å². The standard InChI is InChI=1S/C14H19NO3/c1-11-4-6-12(7-5-11)18-13-9-15(10-13)8-2-3-14(16)17/h4-7,13H,2-3,8-10H2,1H3,(H,16,17). The molecule has 1 aliphatic heterocycles. The van der Waals surface area contributed by atoms with Gasteiger partial charge >= 0.3 is 5.97 Å². The van der Waals surface area contributed by atoms with Crippen molar-refractivity contribution in [3.05, 3.63) is 29.8 Å². The van der Waals surface area contributed by atoms with Gasteiger partial charge in [-0.25, -0.2) is 0 Å². The molecule has 1 aromatic rings. The number of ether oxygens (including phenoxy) is 1. The van der Waals surface area contributed by atoms with Crippen LogP contribution in [0.5, 0.6) is 5.75 Å². The number of nitrogens with zero attached hydrogens (tertiary/aromatic N) is 1. The molecule has 18 heavy (non-hydrogen) atoms. The SMILES string of the molecule is Cc1ccc(OC2CN(CCCC(=O)O)C2)cc1. The number of rotatable bonds is 6. The van der Waals surface area contributed by atoms with Crippen LogP contribution in [0.2, 0.25) is 0 Å². The van der Waals surface area contributed by atoms with Crippen LogP contribution in [0.4, 0.5) is 0 Å². The number of carbonyl (C=O) groups is 1.